The number of carbonyl (C=O) groups is 2. The summed E-state index contributed by atoms with van der Waals surface area (Å²) in [4.78, 5) is 31.8. The first-order valence-corrected chi connectivity index (χ1v) is 10.7. The lowest BCUT2D eigenvalue weighted by Crippen LogP contribution is -3.16. The highest BCUT2D eigenvalue weighted by Crippen LogP contribution is 2.19. The molecule has 0 radical (unpaired) electrons. The zero-order valence-electron chi connectivity index (χ0n) is 17.8. The fourth-order valence-corrected chi connectivity index (χ4v) is 4.23. The van der Waals surface area contributed by atoms with Crippen molar-refractivity contribution in [2.75, 3.05) is 44.7 Å². The van der Waals surface area contributed by atoms with E-state index in [1.165, 1.54) is 17.7 Å². The monoisotopic (exact) mass is 421 g/mol. The summed E-state index contributed by atoms with van der Waals surface area (Å²) in [5, 5.41) is 3.95. The van der Waals surface area contributed by atoms with Gasteiger partial charge in [0.25, 0.3) is 5.91 Å². The molecule has 0 unspecified atom stereocenters. The summed E-state index contributed by atoms with van der Waals surface area (Å²) < 4.78 is 4.95. The van der Waals surface area contributed by atoms with Crippen LogP contribution in [0.4, 0.5) is 5.69 Å². The van der Waals surface area contributed by atoms with Gasteiger partial charge >= 0.3 is 5.97 Å². The number of aromatic nitrogens is 1. The molecule has 2 heterocycles. The predicted molar refractivity (Wildman–Crippen MR) is 120 cm³/mol. The van der Waals surface area contributed by atoms with Crippen molar-refractivity contribution in [2.24, 2.45) is 0 Å². The number of ether oxygens (including phenoxy) is 1. The number of nitrogens with one attached hydrogen (secondary N) is 3. The summed E-state index contributed by atoms with van der Waals surface area (Å²) in [7, 11) is 1.35. The van der Waals surface area contributed by atoms with Crippen molar-refractivity contribution in [1.82, 2.24) is 10.3 Å². The molecule has 4 rings (SSSR count). The zero-order chi connectivity index (χ0) is 21.6. The van der Waals surface area contributed by atoms with Gasteiger partial charge in [0.15, 0.2) is 6.54 Å². The van der Waals surface area contributed by atoms with E-state index in [1.807, 2.05) is 48.7 Å². The highest BCUT2D eigenvalue weighted by Gasteiger charge is 2.27. The van der Waals surface area contributed by atoms with Crippen LogP contribution in [0.25, 0.3) is 10.9 Å². The van der Waals surface area contributed by atoms with Crippen molar-refractivity contribution in [1.29, 1.82) is 0 Å². The van der Waals surface area contributed by atoms with E-state index >= 15 is 0 Å². The third kappa shape index (κ3) is 5.06. The maximum Gasteiger partial charge on any atom is 0.328 e. The number of hydrogen-bond acceptors (Lipinski definition) is 4. The number of H-pyrrole nitrogens is 1. The molecule has 0 aliphatic carbocycles. The topological polar surface area (TPSA) is 78.9 Å². The molecule has 3 N–H and O–H groups in total. The zero-order valence-corrected chi connectivity index (χ0v) is 17.8. The Bertz CT molecular complexity index is 1030. The van der Waals surface area contributed by atoms with E-state index in [1.54, 1.807) is 0 Å². The highest BCUT2D eigenvalue weighted by molar-refractivity contribution is 5.87. The molecular weight excluding hydrogens is 392 g/mol. The lowest BCUT2D eigenvalue weighted by Gasteiger charge is -2.33. The SMILES string of the molecule is COC(=O)[C@@H](Cc1c[nH]c2ccccc12)NC(=O)C[NH+]1CCN(c2ccccc2)CC1. The molecule has 1 fully saturated rings. The number of benzene rings is 2. The quantitative estimate of drug-likeness (QED) is 0.493. The maximum atomic E-state index is 12.7. The molecule has 162 valence electrons. The normalized spacial score (nSPS) is 15.6. The molecule has 31 heavy (non-hydrogen) atoms. The molecular formula is C24H29N4O3+. The van der Waals surface area contributed by atoms with E-state index in [0.29, 0.717) is 13.0 Å². The minimum Gasteiger partial charge on any atom is -0.467 e. The molecule has 1 amide bonds. The summed E-state index contributed by atoms with van der Waals surface area (Å²) in [5.74, 6) is -0.555. The van der Waals surface area contributed by atoms with Crippen molar-refractivity contribution in [2.45, 2.75) is 12.5 Å². The van der Waals surface area contributed by atoms with E-state index in [0.717, 1.165) is 42.6 Å². The van der Waals surface area contributed by atoms with Gasteiger partial charge < -0.3 is 24.8 Å². The van der Waals surface area contributed by atoms with Crippen molar-refractivity contribution < 1.29 is 19.2 Å². The van der Waals surface area contributed by atoms with Crippen LogP contribution in [0.1, 0.15) is 5.56 Å². The number of fused-ring (bicyclic) bond motifs is 1. The van der Waals surface area contributed by atoms with Crippen molar-refractivity contribution in [3.63, 3.8) is 0 Å². The van der Waals surface area contributed by atoms with Crippen LogP contribution in [0.2, 0.25) is 0 Å². The molecule has 1 aliphatic rings. The average molecular weight is 422 g/mol. The van der Waals surface area contributed by atoms with Crippen molar-refractivity contribution in [3.8, 4) is 0 Å². The van der Waals surface area contributed by atoms with Crippen LogP contribution < -0.4 is 15.1 Å². The van der Waals surface area contributed by atoms with Gasteiger partial charge in [-0.15, -0.1) is 0 Å². The van der Waals surface area contributed by atoms with Gasteiger partial charge in [0.2, 0.25) is 0 Å². The summed E-state index contributed by atoms with van der Waals surface area (Å²) in [6.07, 6.45) is 2.28. The smallest absolute Gasteiger partial charge is 0.328 e. The minimum atomic E-state index is -0.707. The number of piperazine rings is 1. The van der Waals surface area contributed by atoms with E-state index in [2.05, 4.69) is 27.3 Å². The highest BCUT2D eigenvalue weighted by atomic mass is 16.5. The Kier molecular flexibility index (Phi) is 6.52. The van der Waals surface area contributed by atoms with Crippen LogP contribution in [0.3, 0.4) is 0 Å². The first-order chi connectivity index (χ1) is 15.1. The Labute approximate surface area is 182 Å². The van der Waals surface area contributed by atoms with Crippen molar-refractivity contribution >= 4 is 28.5 Å². The first-order valence-electron chi connectivity index (χ1n) is 10.7. The van der Waals surface area contributed by atoms with Gasteiger partial charge in [0.05, 0.1) is 33.3 Å². The second kappa shape index (κ2) is 9.66. The lowest BCUT2D eigenvalue weighted by molar-refractivity contribution is -0.892. The predicted octanol–water partition coefficient (Wildman–Crippen LogP) is 0.773. The number of rotatable bonds is 7. The molecule has 1 aliphatic heterocycles. The molecule has 7 heteroatoms. The van der Waals surface area contributed by atoms with Crippen LogP contribution in [0.15, 0.2) is 60.8 Å². The number of amides is 1. The van der Waals surface area contributed by atoms with Crippen LogP contribution >= 0.6 is 0 Å². The molecule has 1 saturated heterocycles. The lowest BCUT2D eigenvalue weighted by atomic mass is 10.0. The molecule has 3 aromatic rings. The fourth-order valence-electron chi connectivity index (χ4n) is 4.23. The molecule has 0 spiro atoms. The van der Waals surface area contributed by atoms with Gasteiger partial charge in [0.1, 0.15) is 6.04 Å². The standard InChI is InChI=1S/C24H28N4O3/c1-31-24(30)22(15-18-16-25-21-10-6-5-9-20(18)21)26-23(29)17-27-11-13-28(14-12-27)19-7-3-2-4-8-19/h2-10,16,22,25H,11-15,17H2,1H3,(H,26,29)/p+1/t22-/m1/s1. The van der Waals surface area contributed by atoms with Crippen LogP contribution in [0, 0.1) is 0 Å². The van der Waals surface area contributed by atoms with Gasteiger partial charge in [-0.1, -0.05) is 36.4 Å². The Hall–Kier alpha value is -3.32. The Morgan fingerprint density at radius 3 is 2.55 bits per heavy atom. The minimum absolute atomic E-state index is 0.126. The van der Waals surface area contributed by atoms with Gasteiger partial charge in [-0.2, -0.15) is 0 Å². The van der Waals surface area contributed by atoms with Crippen LogP contribution in [-0.2, 0) is 20.7 Å². The number of carbonyl (C=O) groups excluding carboxylic acids is 2. The van der Waals surface area contributed by atoms with E-state index in [-0.39, 0.29) is 5.91 Å². The van der Waals surface area contributed by atoms with Gasteiger partial charge in [-0.05, 0) is 23.8 Å². The first kappa shape index (κ1) is 20.9. The van der Waals surface area contributed by atoms with Gasteiger partial charge in [0, 0.05) is 29.2 Å². The number of methoxy groups -OCH3 is 1. The number of para-hydroxylation sites is 2. The molecule has 7 nitrogen and oxygen atoms in total. The summed E-state index contributed by atoms with van der Waals surface area (Å²) in [6, 6.07) is 17.5. The average Bonchev–Trinajstić information content (AvgIpc) is 3.22. The molecule has 0 saturated carbocycles. The molecule has 2 aromatic carbocycles. The number of quaternary nitrogens is 1. The summed E-state index contributed by atoms with van der Waals surface area (Å²) in [6.45, 7) is 3.93. The second-order valence-electron chi connectivity index (χ2n) is 7.96. The Morgan fingerprint density at radius 2 is 1.81 bits per heavy atom. The third-order valence-corrected chi connectivity index (χ3v) is 5.92. The molecule has 0 bridgehead atoms. The maximum absolute atomic E-state index is 12.7. The molecule has 1 aromatic heterocycles. The molecule has 1 atom stereocenters. The van der Waals surface area contributed by atoms with Gasteiger partial charge in [-0.3, -0.25) is 4.79 Å². The second-order valence-corrected chi connectivity index (χ2v) is 7.96. The number of aromatic amines is 1. The van der Waals surface area contributed by atoms with E-state index in [4.69, 9.17) is 4.74 Å². The van der Waals surface area contributed by atoms with E-state index < -0.39 is 12.0 Å². The number of hydrogen-bond donors (Lipinski definition) is 3. The fraction of sp³-hybridized carbons (Fsp3) is 0.333. The third-order valence-electron chi connectivity index (χ3n) is 5.92. The number of nitrogens with zero attached hydrogens (tertiary/aromatic N) is 1. The number of anilines is 1. The van der Waals surface area contributed by atoms with Crippen molar-refractivity contribution in [3.05, 3.63) is 66.4 Å². The summed E-state index contributed by atoms with van der Waals surface area (Å²) >= 11 is 0. The number of esters is 1. The Morgan fingerprint density at radius 1 is 1.10 bits per heavy atom. The summed E-state index contributed by atoms with van der Waals surface area (Å²) in [5.41, 5.74) is 3.21. The van der Waals surface area contributed by atoms with Crippen LogP contribution in [-0.4, -0.2) is 62.7 Å². The van der Waals surface area contributed by atoms with Gasteiger partial charge in [-0.25, -0.2) is 4.79 Å². The van der Waals surface area contributed by atoms with E-state index in [9.17, 15) is 9.59 Å². The largest absolute Gasteiger partial charge is 0.467 e. The van der Waals surface area contributed by atoms with Crippen LogP contribution in [0.5, 0.6) is 0 Å². The Balaban J connectivity index is 1.33.